The molecule has 2 fully saturated rings. The third-order valence-corrected chi connectivity index (χ3v) is 4.53. The molecule has 1 aliphatic carbocycles. The highest BCUT2D eigenvalue weighted by Crippen LogP contribution is 2.48. The number of carbonyl (C=O) groups excluding carboxylic acids is 1. The van der Waals surface area contributed by atoms with Crippen molar-refractivity contribution in [1.29, 1.82) is 0 Å². The second-order valence-corrected chi connectivity index (χ2v) is 6.02. The largest absolute Gasteiger partial charge is 0.399 e. The van der Waals surface area contributed by atoms with Crippen LogP contribution in [0.15, 0.2) is 24.3 Å². The Morgan fingerprint density at radius 2 is 2.10 bits per heavy atom. The Bertz CT molecular complexity index is 488. The highest BCUT2D eigenvalue weighted by molar-refractivity contribution is 5.91. The van der Waals surface area contributed by atoms with Gasteiger partial charge in [0.1, 0.15) is 0 Å². The van der Waals surface area contributed by atoms with E-state index in [1.165, 1.54) is 0 Å². The van der Waals surface area contributed by atoms with E-state index in [1.54, 1.807) is 0 Å². The fraction of sp³-hybridized carbons (Fsp3) is 0.562. The van der Waals surface area contributed by atoms with E-state index in [-0.39, 0.29) is 23.5 Å². The van der Waals surface area contributed by atoms with Crippen LogP contribution in [-0.4, -0.2) is 24.7 Å². The fourth-order valence-corrected chi connectivity index (χ4v) is 3.01. The normalized spacial score (nSPS) is 25.1. The second-order valence-electron chi connectivity index (χ2n) is 6.02. The fourth-order valence-electron chi connectivity index (χ4n) is 3.01. The quantitative estimate of drug-likeness (QED) is 0.825. The van der Waals surface area contributed by atoms with Gasteiger partial charge in [0, 0.05) is 12.3 Å². The monoisotopic (exact) mass is 274 g/mol. The van der Waals surface area contributed by atoms with Crippen LogP contribution in [0.2, 0.25) is 0 Å². The van der Waals surface area contributed by atoms with Crippen LogP contribution in [0.3, 0.4) is 0 Å². The molecule has 1 aromatic carbocycles. The molecule has 0 bridgehead atoms. The number of nitrogens with two attached hydrogens (primary N) is 1. The summed E-state index contributed by atoms with van der Waals surface area (Å²) in [5.74, 6) is 0.130. The van der Waals surface area contributed by atoms with Crippen molar-refractivity contribution in [2.45, 2.75) is 50.2 Å². The molecule has 108 valence electrons. The number of ether oxygens (including phenoxy) is 1. The lowest BCUT2D eigenvalue weighted by Crippen LogP contribution is -2.45. The molecular weight excluding hydrogens is 252 g/mol. The van der Waals surface area contributed by atoms with Gasteiger partial charge in [0.2, 0.25) is 5.91 Å². The molecule has 3 N–H and O–H groups in total. The summed E-state index contributed by atoms with van der Waals surface area (Å²) in [5.41, 5.74) is 7.19. The van der Waals surface area contributed by atoms with Gasteiger partial charge in [-0.1, -0.05) is 12.1 Å². The van der Waals surface area contributed by atoms with Gasteiger partial charge in [-0.2, -0.15) is 0 Å². The third kappa shape index (κ3) is 2.40. The molecule has 2 unspecified atom stereocenters. The summed E-state index contributed by atoms with van der Waals surface area (Å²) in [4.78, 5) is 12.6. The first-order valence-corrected chi connectivity index (χ1v) is 7.40. The van der Waals surface area contributed by atoms with E-state index in [4.69, 9.17) is 10.5 Å². The Balaban J connectivity index is 1.68. The van der Waals surface area contributed by atoms with E-state index >= 15 is 0 Å². The van der Waals surface area contributed by atoms with E-state index < -0.39 is 0 Å². The van der Waals surface area contributed by atoms with Crippen LogP contribution in [0.1, 0.15) is 38.2 Å². The number of rotatable bonds is 4. The SMILES string of the molecule is CC(NC(=O)C1(c2ccc(N)cc2)CC1)C1CCCO1. The standard InChI is InChI=1S/C16H22N2O2/c1-11(14-3-2-10-20-14)18-15(19)16(8-9-16)12-4-6-13(17)7-5-12/h4-7,11,14H,2-3,8-10,17H2,1H3,(H,18,19). The van der Waals surface area contributed by atoms with Crippen molar-refractivity contribution in [3.05, 3.63) is 29.8 Å². The van der Waals surface area contributed by atoms with E-state index in [9.17, 15) is 4.79 Å². The van der Waals surface area contributed by atoms with Crippen LogP contribution in [0.4, 0.5) is 5.69 Å². The highest BCUT2D eigenvalue weighted by atomic mass is 16.5. The van der Waals surface area contributed by atoms with Gasteiger partial charge in [0.25, 0.3) is 0 Å². The van der Waals surface area contributed by atoms with Crippen LogP contribution in [-0.2, 0) is 14.9 Å². The van der Waals surface area contributed by atoms with Crippen LogP contribution < -0.4 is 11.1 Å². The number of nitrogen functional groups attached to an aromatic ring is 1. The maximum Gasteiger partial charge on any atom is 0.230 e. The zero-order chi connectivity index (χ0) is 14.2. The first kappa shape index (κ1) is 13.4. The topological polar surface area (TPSA) is 64.4 Å². The molecule has 4 heteroatoms. The number of hydrogen-bond acceptors (Lipinski definition) is 3. The van der Waals surface area contributed by atoms with Crippen LogP contribution in [0.5, 0.6) is 0 Å². The highest BCUT2D eigenvalue weighted by Gasteiger charge is 2.51. The molecular formula is C16H22N2O2. The van der Waals surface area contributed by atoms with Crippen molar-refractivity contribution >= 4 is 11.6 Å². The minimum Gasteiger partial charge on any atom is -0.399 e. The number of carbonyl (C=O) groups is 1. The summed E-state index contributed by atoms with van der Waals surface area (Å²) in [6, 6.07) is 7.76. The second kappa shape index (κ2) is 5.09. The predicted octanol–water partition coefficient (Wildman–Crippen LogP) is 1.98. The van der Waals surface area contributed by atoms with Crippen molar-refractivity contribution < 1.29 is 9.53 Å². The summed E-state index contributed by atoms with van der Waals surface area (Å²) >= 11 is 0. The Morgan fingerprint density at radius 1 is 1.40 bits per heavy atom. The van der Waals surface area contributed by atoms with Gasteiger partial charge in [-0.3, -0.25) is 4.79 Å². The van der Waals surface area contributed by atoms with Crippen LogP contribution >= 0.6 is 0 Å². The maximum atomic E-state index is 12.6. The molecule has 3 rings (SSSR count). The van der Waals surface area contributed by atoms with Gasteiger partial charge >= 0.3 is 0 Å². The Hall–Kier alpha value is -1.55. The predicted molar refractivity (Wildman–Crippen MR) is 78.3 cm³/mol. The van der Waals surface area contributed by atoms with Gasteiger partial charge in [0.15, 0.2) is 0 Å². The molecule has 4 nitrogen and oxygen atoms in total. The van der Waals surface area contributed by atoms with E-state index in [0.717, 1.165) is 43.5 Å². The van der Waals surface area contributed by atoms with E-state index in [0.29, 0.717) is 0 Å². The number of benzene rings is 1. The number of nitrogens with one attached hydrogen (secondary N) is 1. The number of amides is 1. The van der Waals surface area contributed by atoms with Gasteiger partial charge in [-0.25, -0.2) is 0 Å². The minimum atomic E-state index is -0.333. The molecule has 1 saturated heterocycles. The smallest absolute Gasteiger partial charge is 0.230 e. The molecule has 20 heavy (non-hydrogen) atoms. The van der Waals surface area contributed by atoms with Crippen molar-refractivity contribution in [3.8, 4) is 0 Å². The van der Waals surface area contributed by atoms with Gasteiger partial charge in [0.05, 0.1) is 17.6 Å². The Labute approximate surface area is 119 Å². The molecule has 1 heterocycles. The summed E-state index contributed by atoms with van der Waals surface area (Å²) in [6.45, 7) is 2.85. The first-order chi connectivity index (χ1) is 9.62. The number of hydrogen-bond donors (Lipinski definition) is 2. The lowest BCUT2D eigenvalue weighted by molar-refractivity contribution is -0.125. The third-order valence-electron chi connectivity index (χ3n) is 4.53. The molecule has 1 amide bonds. The molecule has 1 saturated carbocycles. The van der Waals surface area contributed by atoms with E-state index in [2.05, 4.69) is 5.32 Å². The van der Waals surface area contributed by atoms with Gasteiger partial charge in [-0.05, 0) is 50.3 Å². The lowest BCUT2D eigenvalue weighted by atomic mass is 9.94. The molecule has 1 aliphatic heterocycles. The Morgan fingerprint density at radius 3 is 2.65 bits per heavy atom. The zero-order valence-electron chi connectivity index (χ0n) is 11.9. The molecule has 2 atom stereocenters. The Kier molecular flexibility index (Phi) is 3.42. The summed E-state index contributed by atoms with van der Waals surface area (Å²) in [6.07, 6.45) is 4.13. The van der Waals surface area contributed by atoms with Crippen molar-refractivity contribution in [3.63, 3.8) is 0 Å². The van der Waals surface area contributed by atoms with E-state index in [1.807, 2.05) is 31.2 Å². The molecule has 0 radical (unpaired) electrons. The molecule has 0 spiro atoms. The first-order valence-electron chi connectivity index (χ1n) is 7.40. The molecule has 2 aliphatic rings. The van der Waals surface area contributed by atoms with Gasteiger partial charge in [-0.15, -0.1) is 0 Å². The molecule has 1 aromatic rings. The van der Waals surface area contributed by atoms with Crippen molar-refractivity contribution in [1.82, 2.24) is 5.32 Å². The average Bonchev–Trinajstić information content (AvgIpc) is 3.06. The van der Waals surface area contributed by atoms with Crippen LogP contribution in [0.25, 0.3) is 0 Å². The average molecular weight is 274 g/mol. The minimum absolute atomic E-state index is 0.0799. The zero-order valence-corrected chi connectivity index (χ0v) is 11.9. The summed E-state index contributed by atoms with van der Waals surface area (Å²) in [5, 5.41) is 3.14. The maximum absolute atomic E-state index is 12.6. The van der Waals surface area contributed by atoms with Crippen molar-refractivity contribution in [2.24, 2.45) is 0 Å². The van der Waals surface area contributed by atoms with Gasteiger partial charge < -0.3 is 15.8 Å². The summed E-state index contributed by atoms with van der Waals surface area (Å²) < 4.78 is 5.64. The lowest BCUT2D eigenvalue weighted by Gasteiger charge is -2.23. The van der Waals surface area contributed by atoms with Crippen molar-refractivity contribution in [2.75, 3.05) is 12.3 Å². The number of anilines is 1. The summed E-state index contributed by atoms with van der Waals surface area (Å²) in [7, 11) is 0. The molecule has 0 aromatic heterocycles. The van der Waals surface area contributed by atoms with Crippen LogP contribution in [0, 0.1) is 0 Å².